The van der Waals surface area contributed by atoms with Gasteiger partial charge in [-0.3, -0.25) is 4.79 Å². The molecular formula is C11H15NO3S2. The maximum atomic E-state index is 11.9. The van der Waals surface area contributed by atoms with Gasteiger partial charge in [0.05, 0.1) is 0 Å². The van der Waals surface area contributed by atoms with Crippen molar-refractivity contribution in [1.29, 1.82) is 0 Å². The molecule has 1 atom stereocenters. The van der Waals surface area contributed by atoms with Crippen LogP contribution in [0.2, 0.25) is 0 Å². The molecule has 1 aromatic heterocycles. The fraction of sp³-hybridized carbons (Fsp3) is 0.545. The summed E-state index contributed by atoms with van der Waals surface area (Å²) in [6, 6.07) is 1.73. The minimum Gasteiger partial charge on any atom is -0.274 e. The molecule has 0 aliphatic heterocycles. The quantitative estimate of drug-likeness (QED) is 0.915. The first kappa shape index (κ1) is 12.6. The lowest BCUT2D eigenvalue weighted by atomic mass is 10.1. The zero-order chi connectivity index (χ0) is 12.8. The summed E-state index contributed by atoms with van der Waals surface area (Å²) in [6.07, 6.45) is 0.748. The molecular weight excluding hydrogens is 258 g/mol. The van der Waals surface area contributed by atoms with Crippen molar-refractivity contribution in [3.8, 4) is 0 Å². The van der Waals surface area contributed by atoms with Gasteiger partial charge in [0.1, 0.15) is 4.21 Å². The van der Waals surface area contributed by atoms with Gasteiger partial charge in [0, 0.05) is 5.92 Å². The number of hydrogen-bond donors (Lipinski definition) is 1. The van der Waals surface area contributed by atoms with Crippen LogP contribution in [0, 0.1) is 18.3 Å². The maximum absolute atomic E-state index is 11.9. The molecule has 1 aromatic rings. The summed E-state index contributed by atoms with van der Waals surface area (Å²) in [7, 11) is -3.68. The SMILES string of the molecule is Cc1ccsc1S(=O)(=O)NC(=O)[C@H]1CC1(C)C. The molecule has 1 heterocycles. The average molecular weight is 273 g/mol. The van der Waals surface area contributed by atoms with E-state index in [1.807, 2.05) is 13.8 Å². The molecule has 1 saturated carbocycles. The molecule has 0 bridgehead atoms. The van der Waals surface area contributed by atoms with Crippen LogP contribution in [0.4, 0.5) is 0 Å². The third kappa shape index (κ3) is 2.37. The highest BCUT2D eigenvalue weighted by Crippen LogP contribution is 2.51. The van der Waals surface area contributed by atoms with Gasteiger partial charge in [-0.2, -0.15) is 0 Å². The monoisotopic (exact) mass is 273 g/mol. The number of carbonyl (C=O) groups is 1. The second kappa shape index (κ2) is 3.81. The van der Waals surface area contributed by atoms with E-state index in [0.717, 1.165) is 17.8 Å². The highest BCUT2D eigenvalue weighted by molar-refractivity contribution is 7.92. The summed E-state index contributed by atoms with van der Waals surface area (Å²) in [6.45, 7) is 5.64. The molecule has 1 fully saturated rings. The Hall–Kier alpha value is -0.880. The Morgan fingerprint density at radius 2 is 2.12 bits per heavy atom. The van der Waals surface area contributed by atoms with Crippen molar-refractivity contribution in [2.75, 3.05) is 0 Å². The van der Waals surface area contributed by atoms with Crippen molar-refractivity contribution in [3.63, 3.8) is 0 Å². The Labute approximate surface area is 105 Å². The fourth-order valence-corrected chi connectivity index (χ4v) is 4.24. The first-order chi connectivity index (χ1) is 7.74. The minimum absolute atomic E-state index is 0.0654. The number of rotatable bonds is 3. The topological polar surface area (TPSA) is 63.2 Å². The van der Waals surface area contributed by atoms with Gasteiger partial charge in [0.2, 0.25) is 5.91 Å². The molecule has 0 unspecified atom stereocenters. The van der Waals surface area contributed by atoms with Gasteiger partial charge in [0.15, 0.2) is 0 Å². The van der Waals surface area contributed by atoms with Crippen LogP contribution in [0.15, 0.2) is 15.7 Å². The molecule has 17 heavy (non-hydrogen) atoms. The lowest BCUT2D eigenvalue weighted by Gasteiger charge is -2.07. The van der Waals surface area contributed by atoms with Crippen LogP contribution in [-0.4, -0.2) is 14.3 Å². The van der Waals surface area contributed by atoms with Crippen LogP contribution in [0.5, 0.6) is 0 Å². The Balaban J connectivity index is 2.14. The molecule has 4 nitrogen and oxygen atoms in total. The second-order valence-electron chi connectivity index (χ2n) is 5.11. The van der Waals surface area contributed by atoms with E-state index in [-0.39, 0.29) is 21.4 Å². The molecule has 1 amide bonds. The molecule has 6 heteroatoms. The van der Waals surface area contributed by atoms with Crippen molar-refractivity contribution < 1.29 is 13.2 Å². The highest BCUT2D eigenvalue weighted by atomic mass is 32.2. The Bertz CT molecular complexity index is 557. The van der Waals surface area contributed by atoms with Crippen molar-refractivity contribution in [2.45, 2.75) is 31.4 Å². The normalized spacial score (nSPS) is 22.2. The van der Waals surface area contributed by atoms with E-state index < -0.39 is 10.0 Å². The maximum Gasteiger partial charge on any atom is 0.273 e. The van der Waals surface area contributed by atoms with E-state index in [0.29, 0.717) is 5.56 Å². The predicted octanol–water partition coefficient (Wildman–Crippen LogP) is 1.91. The number of thiophene rings is 1. The molecule has 1 aliphatic carbocycles. The van der Waals surface area contributed by atoms with Gasteiger partial charge >= 0.3 is 0 Å². The third-order valence-electron chi connectivity index (χ3n) is 3.12. The number of aryl methyl sites for hydroxylation is 1. The van der Waals surface area contributed by atoms with Crippen molar-refractivity contribution in [1.82, 2.24) is 4.72 Å². The first-order valence-corrected chi connectivity index (χ1v) is 7.71. The van der Waals surface area contributed by atoms with Crippen LogP contribution in [0.3, 0.4) is 0 Å². The molecule has 2 rings (SSSR count). The minimum atomic E-state index is -3.68. The lowest BCUT2D eigenvalue weighted by Crippen LogP contribution is -2.32. The van der Waals surface area contributed by atoms with Crippen LogP contribution in [0.1, 0.15) is 25.8 Å². The fourth-order valence-electron chi connectivity index (χ4n) is 1.80. The van der Waals surface area contributed by atoms with Gasteiger partial charge < -0.3 is 0 Å². The summed E-state index contributed by atoms with van der Waals surface area (Å²) < 4.78 is 26.3. The number of amides is 1. The molecule has 1 N–H and O–H groups in total. The first-order valence-electron chi connectivity index (χ1n) is 5.35. The van der Waals surface area contributed by atoms with Crippen LogP contribution >= 0.6 is 11.3 Å². The van der Waals surface area contributed by atoms with Crippen LogP contribution in [-0.2, 0) is 14.8 Å². The molecule has 0 radical (unpaired) electrons. The number of nitrogens with one attached hydrogen (secondary N) is 1. The zero-order valence-electron chi connectivity index (χ0n) is 9.98. The largest absolute Gasteiger partial charge is 0.274 e. The second-order valence-corrected chi connectivity index (χ2v) is 7.90. The number of carbonyl (C=O) groups excluding carboxylic acids is 1. The smallest absolute Gasteiger partial charge is 0.273 e. The van der Waals surface area contributed by atoms with E-state index in [1.54, 1.807) is 18.4 Å². The van der Waals surface area contributed by atoms with E-state index in [9.17, 15) is 13.2 Å². The lowest BCUT2D eigenvalue weighted by molar-refractivity contribution is -0.121. The van der Waals surface area contributed by atoms with Crippen LogP contribution < -0.4 is 4.72 Å². The zero-order valence-corrected chi connectivity index (χ0v) is 11.6. The van der Waals surface area contributed by atoms with E-state index in [4.69, 9.17) is 0 Å². The van der Waals surface area contributed by atoms with Gasteiger partial charge in [-0.1, -0.05) is 13.8 Å². The molecule has 0 aromatic carbocycles. The summed E-state index contributed by atoms with van der Waals surface area (Å²) in [4.78, 5) is 11.8. The highest BCUT2D eigenvalue weighted by Gasteiger charge is 2.51. The molecule has 0 saturated heterocycles. The Morgan fingerprint density at radius 1 is 1.53 bits per heavy atom. The van der Waals surface area contributed by atoms with Gasteiger partial charge in [-0.25, -0.2) is 13.1 Å². The van der Waals surface area contributed by atoms with E-state index in [2.05, 4.69) is 4.72 Å². The summed E-state index contributed by atoms with van der Waals surface area (Å²) >= 11 is 1.13. The van der Waals surface area contributed by atoms with E-state index in [1.165, 1.54) is 0 Å². The van der Waals surface area contributed by atoms with Gasteiger partial charge in [-0.15, -0.1) is 11.3 Å². The van der Waals surface area contributed by atoms with E-state index >= 15 is 0 Å². The standard InChI is InChI=1S/C11H15NO3S2/c1-7-4-5-16-10(7)17(14,15)12-9(13)8-6-11(8,2)3/h4-5,8H,6H2,1-3H3,(H,12,13)/t8-/m1/s1. The van der Waals surface area contributed by atoms with Crippen molar-refractivity contribution in [2.24, 2.45) is 11.3 Å². The summed E-state index contributed by atoms with van der Waals surface area (Å²) in [5.41, 5.74) is 0.606. The molecule has 94 valence electrons. The van der Waals surface area contributed by atoms with Crippen molar-refractivity contribution in [3.05, 3.63) is 17.0 Å². The third-order valence-corrected chi connectivity index (χ3v) is 6.16. The van der Waals surface area contributed by atoms with Gasteiger partial charge in [-0.05, 0) is 35.8 Å². The van der Waals surface area contributed by atoms with Crippen LogP contribution in [0.25, 0.3) is 0 Å². The molecule has 0 spiro atoms. The van der Waals surface area contributed by atoms with Crippen molar-refractivity contribution >= 4 is 27.3 Å². The Morgan fingerprint density at radius 3 is 2.53 bits per heavy atom. The van der Waals surface area contributed by atoms with Gasteiger partial charge in [0.25, 0.3) is 10.0 Å². The Kier molecular flexibility index (Phi) is 2.82. The summed E-state index contributed by atoms with van der Waals surface area (Å²) in [5, 5.41) is 1.70. The molecule has 1 aliphatic rings. The summed E-state index contributed by atoms with van der Waals surface area (Å²) in [5.74, 6) is -0.569. The number of sulfonamides is 1. The average Bonchev–Trinajstić information content (AvgIpc) is 2.61. The number of hydrogen-bond acceptors (Lipinski definition) is 4. The predicted molar refractivity (Wildman–Crippen MR) is 66.3 cm³/mol.